The predicted octanol–water partition coefficient (Wildman–Crippen LogP) is 6.91. The lowest BCUT2D eigenvalue weighted by Crippen LogP contribution is -2.51. The maximum absolute atomic E-state index is 12.5. The first kappa shape index (κ1) is 30.7. The van der Waals surface area contributed by atoms with Crippen molar-refractivity contribution in [2.75, 3.05) is 50.7 Å². The zero-order valence-electron chi connectivity index (χ0n) is 24.9. The van der Waals surface area contributed by atoms with E-state index in [4.69, 9.17) is 4.74 Å². The Bertz CT molecular complexity index is 1430. The van der Waals surface area contributed by atoms with Crippen LogP contribution in [0, 0.1) is 0 Å². The summed E-state index contributed by atoms with van der Waals surface area (Å²) in [6.45, 7) is 12.3. The van der Waals surface area contributed by atoms with Crippen LogP contribution in [0.25, 0.3) is 21.5 Å². The molecule has 2 aromatic heterocycles. The molecule has 1 aromatic carbocycles. The van der Waals surface area contributed by atoms with E-state index in [0.717, 1.165) is 44.8 Å². The number of carboxylic acid groups (broad SMARTS) is 1. The van der Waals surface area contributed by atoms with Crippen molar-refractivity contribution in [2.45, 2.75) is 70.9 Å². The van der Waals surface area contributed by atoms with Crippen LogP contribution in [0.5, 0.6) is 0 Å². The van der Waals surface area contributed by atoms with Gasteiger partial charge in [-0.05, 0) is 57.2 Å². The molecule has 0 atom stereocenters. The van der Waals surface area contributed by atoms with Crippen LogP contribution in [0.3, 0.4) is 0 Å². The predicted molar refractivity (Wildman–Crippen MR) is 172 cm³/mol. The summed E-state index contributed by atoms with van der Waals surface area (Å²) in [7, 11) is 0. The number of carbonyl (C=O) groups excluding carboxylic acids is 1. The molecule has 0 unspecified atom stereocenters. The second-order valence-corrected chi connectivity index (χ2v) is 13.7. The van der Waals surface area contributed by atoms with Crippen LogP contribution >= 0.6 is 23.7 Å². The molecular formula is C32H43ClN4O4S. The zero-order chi connectivity index (χ0) is 28.7. The molecule has 0 radical (unpaired) electrons. The van der Waals surface area contributed by atoms with Crippen LogP contribution in [0.2, 0.25) is 0 Å². The van der Waals surface area contributed by atoms with Gasteiger partial charge in [0.2, 0.25) is 0 Å². The average Bonchev–Trinajstić information content (AvgIpc) is 3.46. The van der Waals surface area contributed by atoms with Gasteiger partial charge >= 0.3 is 12.1 Å². The van der Waals surface area contributed by atoms with Crippen molar-refractivity contribution >= 4 is 51.7 Å². The third kappa shape index (κ3) is 6.15. The van der Waals surface area contributed by atoms with Gasteiger partial charge in [-0.25, -0.2) is 9.59 Å². The third-order valence-electron chi connectivity index (χ3n) is 8.80. The Balaban J connectivity index is 0.00000353. The number of carbonyl (C=O) groups is 2. The summed E-state index contributed by atoms with van der Waals surface area (Å²) >= 11 is 1.46. The van der Waals surface area contributed by atoms with E-state index in [1.807, 2.05) is 31.7 Å². The molecule has 10 heteroatoms. The number of rotatable bonds is 5. The van der Waals surface area contributed by atoms with E-state index in [-0.39, 0.29) is 18.5 Å². The number of thiophene rings is 1. The number of piperazine rings is 1. The summed E-state index contributed by atoms with van der Waals surface area (Å²) in [5.41, 5.74) is 5.82. The van der Waals surface area contributed by atoms with E-state index in [1.54, 1.807) is 0 Å². The van der Waals surface area contributed by atoms with Crippen molar-refractivity contribution in [3.05, 3.63) is 40.8 Å². The quantitative estimate of drug-likeness (QED) is 0.336. The van der Waals surface area contributed by atoms with Crippen molar-refractivity contribution in [1.29, 1.82) is 0 Å². The molecule has 4 heterocycles. The van der Waals surface area contributed by atoms with E-state index in [1.165, 1.54) is 70.6 Å². The van der Waals surface area contributed by atoms with Crippen molar-refractivity contribution in [3.63, 3.8) is 0 Å². The number of aromatic carboxylic acids is 1. The highest BCUT2D eigenvalue weighted by molar-refractivity contribution is 7.21. The average molecular weight is 615 g/mol. The standard InChI is InChI=1S/C32H42N4O4S.ClH/c1-32(2,3)40-31(39)35-17-14-33(15-18-35)13-16-34-19-20-36-25-21-26(30(37)38)41-29(25)27(22-9-5-4-6-10-22)28(36)23-11-7-8-12-24(23)34;/h7-8,11-12,21-22H,4-6,9-10,13-20H2,1-3H3,(H,37,38);1H. The highest BCUT2D eigenvalue weighted by atomic mass is 35.5. The summed E-state index contributed by atoms with van der Waals surface area (Å²) in [5.74, 6) is -0.360. The fourth-order valence-electron chi connectivity index (χ4n) is 6.81. The normalized spacial score (nSPS) is 18.3. The molecule has 3 aliphatic rings. The number of anilines is 1. The molecule has 1 aliphatic carbocycles. The molecule has 228 valence electrons. The molecule has 1 amide bonds. The summed E-state index contributed by atoms with van der Waals surface area (Å²) < 4.78 is 9.16. The monoisotopic (exact) mass is 614 g/mol. The van der Waals surface area contributed by atoms with Crippen molar-refractivity contribution in [3.8, 4) is 11.3 Å². The maximum Gasteiger partial charge on any atom is 0.410 e. The molecule has 42 heavy (non-hydrogen) atoms. The topological polar surface area (TPSA) is 78.2 Å². The van der Waals surface area contributed by atoms with Crippen LogP contribution in [0.4, 0.5) is 10.5 Å². The Morgan fingerprint density at radius 1 is 0.976 bits per heavy atom. The fourth-order valence-corrected chi connectivity index (χ4v) is 7.94. The second-order valence-electron chi connectivity index (χ2n) is 12.7. The number of ether oxygens (including phenoxy) is 1. The Labute approximate surface area is 258 Å². The summed E-state index contributed by atoms with van der Waals surface area (Å²) in [6.07, 6.45) is 5.89. The number of aromatic nitrogens is 1. The largest absolute Gasteiger partial charge is 0.477 e. The molecular weight excluding hydrogens is 572 g/mol. The molecule has 8 nitrogen and oxygen atoms in total. The van der Waals surface area contributed by atoms with Gasteiger partial charge in [-0.15, -0.1) is 23.7 Å². The minimum atomic E-state index is -0.836. The molecule has 1 saturated carbocycles. The van der Waals surface area contributed by atoms with E-state index < -0.39 is 11.6 Å². The lowest BCUT2D eigenvalue weighted by molar-refractivity contribution is 0.0147. The van der Waals surface area contributed by atoms with E-state index in [0.29, 0.717) is 23.9 Å². The Morgan fingerprint density at radius 3 is 2.38 bits per heavy atom. The number of hydrogen-bond acceptors (Lipinski definition) is 6. The van der Waals surface area contributed by atoms with Crippen molar-refractivity contribution < 1.29 is 19.4 Å². The molecule has 2 aliphatic heterocycles. The van der Waals surface area contributed by atoms with Gasteiger partial charge in [0.05, 0.1) is 15.9 Å². The van der Waals surface area contributed by atoms with Crippen molar-refractivity contribution in [1.82, 2.24) is 14.4 Å². The fraction of sp³-hybridized carbons (Fsp3) is 0.562. The van der Waals surface area contributed by atoms with Gasteiger partial charge in [-0.3, -0.25) is 4.90 Å². The minimum absolute atomic E-state index is 0. The summed E-state index contributed by atoms with van der Waals surface area (Å²) in [4.78, 5) is 31.7. The number of amides is 1. The zero-order valence-corrected chi connectivity index (χ0v) is 26.6. The Morgan fingerprint density at radius 2 is 1.69 bits per heavy atom. The summed E-state index contributed by atoms with van der Waals surface area (Å²) in [5, 5.41) is 9.81. The van der Waals surface area contributed by atoms with E-state index >= 15 is 0 Å². The van der Waals surface area contributed by atoms with Crippen LogP contribution in [-0.4, -0.2) is 83.0 Å². The number of nitrogens with zero attached hydrogens (tertiary/aromatic N) is 4. The van der Waals surface area contributed by atoms with Crippen LogP contribution in [0.1, 0.15) is 74.0 Å². The molecule has 0 bridgehead atoms. The van der Waals surface area contributed by atoms with Gasteiger partial charge in [-0.1, -0.05) is 37.5 Å². The van der Waals surface area contributed by atoms with Crippen molar-refractivity contribution in [2.24, 2.45) is 0 Å². The molecule has 3 aromatic rings. The minimum Gasteiger partial charge on any atom is -0.477 e. The highest BCUT2D eigenvalue weighted by Crippen LogP contribution is 2.49. The van der Waals surface area contributed by atoms with Crippen LogP contribution in [-0.2, 0) is 11.3 Å². The van der Waals surface area contributed by atoms with Gasteiger partial charge < -0.3 is 24.2 Å². The number of para-hydroxylation sites is 1. The van der Waals surface area contributed by atoms with Gasteiger partial charge in [0.15, 0.2) is 0 Å². The Kier molecular flexibility index (Phi) is 9.11. The molecule has 2 fully saturated rings. The first-order valence-corrected chi connectivity index (χ1v) is 15.9. The molecule has 6 rings (SSSR count). The lowest BCUT2D eigenvalue weighted by atomic mass is 9.83. The van der Waals surface area contributed by atoms with Gasteiger partial charge in [0.25, 0.3) is 0 Å². The molecule has 1 saturated heterocycles. The second kappa shape index (κ2) is 12.5. The number of carboxylic acids is 1. The van der Waals surface area contributed by atoms with E-state index in [9.17, 15) is 14.7 Å². The van der Waals surface area contributed by atoms with Crippen LogP contribution in [0.15, 0.2) is 30.3 Å². The number of hydrogen-bond donors (Lipinski definition) is 1. The molecule has 0 spiro atoms. The molecule has 1 N–H and O–H groups in total. The first-order chi connectivity index (χ1) is 19.7. The Hall–Kier alpha value is -2.75. The number of halogens is 1. The van der Waals surface area contributed by atoms with E-state index in [2.05, 4.69) is 38.6 Å². The van der Waals surface area contributed by atoms with Gasteiger partial charge in [0, 0.05) is 63.6 Å². The number of fused-ring (bicyclic) bond motifs is 5. The number of benzene rings is 1. The van der Waals surface area contributed by atoms with Crippen LogP contribution < -0.4 is 4.90 Å². The van der Waals surface area contributed by atoms with Gasteiger partial charge in [-0.2, -0.15) is 0 Å². The third-order valence-corrected chi connectivity index (χ3v) is 9.95. The smallest absolute Gasteiger partial charge is 0.410 e. The highest BCUT2D eigenvalue weighted by Gasteiger charge is 2.32. The first-order valence-electron chi connectivity index (χ1n) is 15.1. The summed E-state index contributed by atoms with van der Waals surface area (Å²) in [6, 6.07) is 10.7. The maximum atomic E-state index is 12.5. The SMILES string of the molecule is CC(C)(C)OC(=O)N1CCN(CCN2CCn3c(c(C4CCCCC4)c4sc(C(=O)O)cc43)-c3ccccc32)CC1.Cl. The lowest BCUT2D eigenvalue weighted by Gasteiger charge is -2.36. The van der Waals surface area contributed by atoms with Gasteiger partial charge in [0.1, 0.15) is 10.5 Å².